The molecular weight excluding hydrogens is 290 g/mol. The predicted octanol–water partition coefficient (Wildman–Crippen LogP) is 2.99. The highest BCUT2D eigenvalue weighted by atomic mass is 16.5. The lowest BCUT2D eigenvalue weighted by Crippen LogP contribution is -2.34. The highest BCUT2D eigenvalue weighted by Gasteiger charge is 2.39. The minimum Gasteiger partial charge on any atom is -0.466 e. The third kappa shape index (κ3) is 2.61. The van der Waals surface area contributed by atoms with Gasteiger partial charge in [0.1, 0.15) is 0 Å². The molecule has 2 aliphatic rings. The number of nitrogens with one attached hydrogen (secondary N) is 1. The summed E-state index contributed by atoms with van der Waals surface area (Å²) in [5, 5.41) is 3.22. The second-order valence-corrected chi connectivity index (χ2v) is 5.92. The summed E-state index contributed by atoms with van der Waals surface area (Å²) in [6, 6.07) is 9.61. The first kappa shape index (κ1) is 15.3. The molecule has 118 valence electrons. The van der Waals surface area contributed by atoms with Crippen LogP contribution in [0.3, 0.4) is 0 Å². The third-order valence-corrected chi connectivity index (χ3v) is 4.32. The zero-order chi connectivity index (χ0) is 16.6. The normalized spacial score (nSPS) is 21.0. The van der Waals surface area contributed by atoms with Crippen LogP contribution in [0.25, 0.3) is 0 Å². The third-order valence-electron chi connectivity index (χ3n) is 4.32. The van der Waals surface area contributed by atoms with Gasteiger partial charge in [0.15, 0.2) is 5.78 Å². The molecule has 0 spiro atoms. The molecule has 4 nitrogen and oxygen atoms in total. The van der Waals surface area contributed by atoms with E-state index in [1.54, 1.807) is 0 Å². The van der Waals surface area contributed by atoms with E-state index >= 15 is 0 Å². The lowest BCUT2D eigenvalue weighted by atomic mass is 9.74. The smallest absolute Gasteiger partial charge is 0.336 e. The number of benzene rings is 1. The number of carbonyl (C=O) groups excluding carboxylic acids is 2. The van der Waals surface area contributed by atoms with Crippen LogP contribution < -0.4 is 5.32 Å². The van der Waals surface area contributed by atoms with Gasteiger partial charge in [-0.2, -0.15) is 0 Å². The molecule has 1 aliphatic carbocycles. The van der Waals surface area contributed by atoms with E-state index in [9.17, 15) is 9.59 Å². The number of carbonyl (C=O) groups is 2. The monoisotopic (exact) mass is 309 g/mol. The Hall–Kier alpha value is -2.62. The lowest BCUT2D eigenvalue weighted by molar-refractivity contribution is -0.136. The summed E-state index contributed by atoms with van der Waals surface area (Å²) < 4.78 is 4.96. The van der Waals surface area contributed by atoms with Crippen LogP contribution in [0.4, 0.5) is 0 Å². The first-order chi connectivity index (χ1) is 11.0. The molecule has 1 aromatic carbocycles. The number of hydrogen-bond donors (Lipinski definition) is 1. The molecule has 1 aromatic rings. The SMILES string of the molecule is C=C1CC(=O)C2=C(C1)NC(C)=C(C(=O)OC)C2c1ccccc1. The number of ketones is 1. The molecule has 1 heterocycles. The van der Waals surface area contributed by atoms with Crippen molar-refractivity contribution in [2.45, 2.75) is 25.7 Å². The maximum atomic E-state index is 12.7. The van der Waals surface area contributed by atoms with Gasteiger partial charge < -0.3 is 10.1 Å². The van der Waals surface area contributed by atoms with Gasteiger partial charge in [-0.05, 0) is 12.5 Å². The van der Waals surface area contributed by atoms with Gasteiger partial charge >= 0.3 is 5.97 Å². The van der Waals surface area contributed by atoms with Gasteiger partial charge in [0, 0.05) is 35.7 Å². The second kappa shape index (κ2) is 5.88. The minimum absolute atomic E-state index is 0.0199. The van der Waals surface area contributed by atoms with Gasteiger partial charge in [-0.15, -0.1) is 0 Å². The Morgan fingerprint density at radius 1 is 1.26 bits per heavy atom. The quantitative estimate of drug-likeness (QED) is 0.674. The Bertz CT molecular complexity index is 756. The summed E-state index contributed by atoms with van der Waals surface area (Å²) in [7, 11) is 1.36. The molecule has 0 fully saturated rings. The molecule has 1 unspecified atom stereocenters. The van der Waals surface area contributed by atoms with E-state index in [2.05, 4.69) is 11.9 Å². The van der Waals surface area contributed by atoms with Crippen LogP contribution in [0, 0.1) is 0 Å². The van der Waals surface area contributed by atoms with Crippen molar-refractivity contribution in [3.63, 3.8) is 0 Å². The van der Waals surface area contributed by atoms with E-state index in [0.717, 1.165) is 22.5 Å². The molecule has 1 atom stereocenters. The molecule has 0 amide bonds. The van der Waals surface area contributed by atoms with Crippen molar-refractivity contribution in [1.82, 2.24) is 5.32 Å². The summed E-state index contributed by atoms with van der Waals surface area (Å²) in [5.74, 6) is -0.778. The number of methoxy groups -OCH3 is 1. The molecule has 0 saturated heterocycles. The fraction of sp³-hybridized carbons (Fsp3) is 0.263. The maximum absolute atomic E-state index is 12.7. The highest BCUT2D eigenvalue weighted by molar-refractivity contribution is 6.05. The van der Waals surface area contributed by atoms with Crippen LogP contribution >= 0.6 is 0 Å². The van der Waals surface area contributed by atoms with Crippen molar-refractivity contribution in [3.8, 4) is 0 Å². The summed E-state index contributed by atoms with van der Waals surface area (Å²) in [4.78, 5) is 25.0. The van der Waals surface area contributed by atoms with Crippen LogP contribution in [-0.2, 0) is 14.3 Å². The largest absolute Gasteiger partial charge is 0.466 e. The van der Waals surface area contributed by atoms with E-state index in [4.69, 9.17) is 4.74 Å². The van der Waals surface area contributed by atoms with E-state index in [1.807, 2.05) is 37.3 Å². The molecule has 4 heteroatoms. The predicted molar refractivity (Wildman–Crippen MR) is 87.4 cm³/mol. The summed E-state index contributed by atoms with van der Waals surface area (Å²) in [6.07, 6.45) is 0.966. The highest BCUT2D eigenvalue weighted by Crippen LogP contribution is 2.43. The fourth-order valence-electron chi connectivity index (χ4n) is 3.36. The number of rotatable bonds is 2. The zero-order valence-electron chi connectivity index (χ0n) is 13.3. The van der Waals surface area contributed by atoms with E-state index in [-0.39, 0.29) is 11.7 Å². The van der Waals surface area contributed by atoms with Crippen molar-refractivity contribution in [2.75, 3.05) is 7.11 Å². The van der Waals surface area contributed by atoms with Gasteiger partial charge in [-0.1, -0.05) is 42.5 Å². The van der Waals surface area contributed by atoms with Crippen LogP contribution in [-0.4, -0.2) is 18.9 Å². The number of allylic oxidation sites excluding steroid dienone is 3. The van der Waals surface area contributed by atoms with Crippen molar-refractivity contribution >= 4 is 11.8 Å². The number of ether oxygens (including phenoxy) is 1. The van der Waals surface area contributed by atoms with Crippen LogP contribution in [0.5, 0.6) is 0 Å². The Morgan fingerprint density at radius 2 is 1.96 bits per heavy atom. The zero-order valence-corrected chi connectivity index (χ0v) is 13.3. The average Bonchev–Trinajstić information content (AvgIpc) is 2.53. The Morgan fingerprint density at radius 3 is 2.61 bits per heavy atom. The number of dihydropyridines is 1. The van der Waals surface area contributed by atoms with Gasteiger partial charge in [0.05, 0.1) is 12.7 Å². The number of hydrogen-bond acceptors (Lipinski definition) is 4. The van der Waals surface area contributed by atoms with Gasteiger partial charge in [-0.3, -0.25) is 4.79 Å². The molecule has 0 aromatic heterocycles. The van der Waals surface area contributed by atoms with Gasteiger partial charge in [0.2, 0.25) is 0 Å². The van der Waals surface area contributed by atoms with E-state index in [1.165, 1.54) is 7.11 Å². The minimum atomic E-state index is -0.410. The van der Waals surface area contributed by atoms with E-state index in [0.29, 0.717) is 24.0 Å². The van der Waals surface area contributed by atoms with Crippen molar-refractivity contribution in [3.05, 3.63) is 70.6 Å². The molecule has 1 N–H and O–H groups in total. The molecule has 0 radical (unpaired) electrons. The summed E-state index contributed by atoms with van der Waals surface area (Å²) >= 11 is 0. The van der Waals surface area contributed by atoms with Gasteiger partial charge in [-0.25, -0.2) is 4.79 Å². The number of Topliss-reactive ketones (excluding diaryl/α,β-unsaturated/α-hetero) is 1. The Kier molecular flexibility index (Phi) is 3.90. The Balaban J connectivity index is 2.20. The maximum Gasteiger partial charge on any atom is 0.336 e. The van der Waals surface area contributed by atoms with Crippen LogP contribution in [0.2, 0.25) is 0 Å². The van der Waals surface area contributed by atoms with E-state index < -0.39 is 5.97 Å². The Labute approximate surface area is 135 Å². The molecule has 1 aliphatic heterocycles. The molecular formula is C19H19NO3. The lowest BCUT2D eigenvalue weighted by Gasteiger charge is -2.34. The second-order valence-electron chi connectivity index (χ2n) is 5.92. The summed E-state index contributed by atoms with van der Waals surface area (Å²) in [6.45, 7) is 5.79. The van der Waals surface area contributed by atoms with Crippen molar-refractivity contribution < 1.29 is 14.3 Å². The molecule has 0 saturated carbocycles. The summed E-state index contributed by atoms with van der Waals surface area (Å²) in [5.41, 5.74) is 4.55. The topological polar surface area (TPSA) is 55.4 Å². The fourth-order valence-corrected chi connectivity index (χ4v) is 3.36. The standard InChI is InChI=1S/C19H19NO3/c1-11-9-14-18(15(21)10-11)17(13-7-5-4-6-8-13)16(12(2)20-14)19(22)23-3/h4-8,17,20H,1,9-10H2,2-3H3. The molecule has 3 rings (SSSR count). The van der Waals surface area contributed by atoms with Crippen LogP contribution in [0.1, 0.15) is 31.2 Å². The number of esters is 1. The van der Waals surface area contributed by atoms with Crippen molar-refractivity contribution in [2.24, 2.45) is 0 Å². The first-order valence-corrected chi connectivity index (χ1v) is 7.57. The van der Waals surface area contributed by atoms with Gasteiger partial charge in [0.25, 0.3) is 0 Å². The molecule has 23 heavy (non-hydrogen) atoms. The average molecular weight is 309 g/mol. The van der Waals surface area contributed by atoms with Crippen molar-refractivity contribution in [1.29, 1.82) is 0 Å². The van der Waals surface area contributed by atoms with Crippen LogP contribution in [0.15, 0.2) is 65.0 Å². The first-order valence-electron chi connectivity index (χ1n) is 7.57. The molecule has 0 bridgehead atoms.